The van der Waals surface area contributed by atoms with Gasteiger partial charge in [-0.15, -0.1) is 0 Å². The smallest absolute Gasteiger partial charge is 0.317 e. The lowest BCUT2D eigenvalue weighted by Crippen LogP contribution is -2.42. The Bertz CT molecular complexity index is 223. The molecule has 0 bridgehead atoms. The molecule has 3 nitrogen and oxygen atoms in total. The maximum atomic E-state index is 11.8. The number of carbonyl (C=O) groups is 1. The van der Waals surface area contributed by atoms with Gasteiger partial charge in [-0.1, -0.05) is 13.8 Å². The summed E-state index contributed by atoms with van der Waals surface area (Å²) in [4.78, 5) is 13.8. The maximum absolute atomic E-state index is 11.8. The lowest BCUT2D eigenvalue weighted by Gasteiger charge is -2.20. The second-order valence-electron chi connectivity index (χ2n) is 4.68. The van der Waals surface area contributed by atoms with Gasteiger partial charge in [-0.25, -0.2) is 4.79 Å². The van der Waals surface area contributed by atoms with E-state index in [1.165, 1.54) is 0 Å². The largest absolute Gasteiger partial charge is 0.336 e. The molecular weight excluding hydrogens is 220 g/mol. The number of carbonyl (C=O) groups excluding carboxylic acids is 1. The van der Waals surface area contributed by atoms with Crippen LogP contribution in [0.3, 0.4) is 0 Å². The predicted octanol–water partition coefficient (Wildman–Crippen LogP) is 2.57. The van der Waals surface area contributed by atoms with E-state index in [4.69, 9.17) is 0 Å². The molecule has 1 N–H and O–H groups in total. The van der Waals surface area contributed by atoms with Crippen LogP contribution in [0.15, 0.2) is 0 Å². The fourth-order valence-corrected chi connectivity index (χ4v) is 2.71. The first-order chi connectivity index (χ1) is 7.63. The van der Waals surface area contributed by atoms with Crippen LogP contribution < -0.4 is 5.32 Å². The molecule has 1 fully saturated rings. The molecule has 0 aromatic carbocycles. The first-order valence-electron chi connectivity index (χ1n) is 6.26. The zero-order valence-electron chi connectivity index (χ0n) is 10.7. The molecule has 2 atom stereocenters. The molecule has 1 aliphatic rings. The monoisotopic (exact) mass is 244 g/mol. The summed E-state index contributed by atoms with van der Waals surface area (Å²) in [5, 5.41) is 3.07. The standard InChI is InChI=1S/C12H24N2OS/c1-4-16-8-6-11(3)13-12(15)14-7-5-10(2)9-14/h10-11H,4-9H2,1-3H3,(H,13,15)/t10-,11+/m1/s1. The molecule has 94 valence electrons. The van der Waals surface area contributed by atoms with Crippen molar-refractivity contribution in [3.8, 4) is 0 Å². The van der Waals surface area contributed by atoms with E-state index in [1.807, 2.05) is 16.7 Å². The summed E-state index contributed by atoms with van der Waals surface area (Å²) in [7, 11) is 0. The molecular formula is C12H24N2OS. The molecule has 0 aromatic heterocycles. The minimum atomic E-state index is 0.123. The van der Waals surface area contributed by atoms with Crippen LogP contribution in [0.2, 0.25) is 0 Å². The van der Waals surface area contributed by atoms with Gasteiger partial charge in [0.2, 0.25) is 0 Å². The van der Waals surface area contributed by atoms with Crippen molar-refractivity contribution in [3.63, 3.8) is 0 Å². The summed E-state index contributed by atoms with van der Waals surface area (Å²) < 4.78 is 0. The van der Waals surface area contributed by atoms with Crippen LogP contribution >= 0.6 is 11.8 Å². The Morgan fingerprint density at radius 2 is 2.38 bits per heavy atom. The zero-order valence-corrected chi connectivity index (χ0v) is 11.5. The second kappa shape index (κ2) is 7.05. The van der Waals surface area contributed by atoms with Gasteiger partial charge in [-0.2, -0.15) is 11.8 Å². The Balaban J connectivity index is 2.17. The number of urea groups is 1. The second-order valence-corrected chi connectivity index (χ2v) is 6.07. The van der Waals surface area contributed by atoms with Gasteiger partial charge in [0.25, 0.3) is 0 Å². The molecule has 1 aliphatic heterocycles. The van der Waals surface area contributed by atoms with Gasteiger partial charge in [0.05, 0.1) is 0 Å². The van der Waals surface area contributed by atoms with Crippen molar-refractivity contribution in [1.29, 1.82) is 0 Å². The molecule has 0 saturated carbocycles. The first-order valence-corrected chi connectivity index (χ1v) is 7.42. The zero-order chi connectivity index (χ0) is 12.0. The van der Waals surface area contributed by atoms with Crippen LogP contribution in [0.5, 0.6) is 0 Å². The molecule has 0 aliphatic carbocycles. The number of nitrogens with zero attached hydrogens (tertiary/aromatic N) is 1. The van der Waals surface area contributed by atoms with Crippen molar-refractivity contribution in [1.82, 2.24) is 10.2 Å². The van der Waals surface area contributed by atoms with E-state index in [0.29, 0.717) is 12.0 Å². The topological polar surface area (TPSA) is 32.3 Å². The maximum Gasteiger partial charge on any atom is 0.317 e. The highest BCUT2D eigenvalue weighted by Gasteiger charge is 2.23. The average Bonchev–Trinajstić information content (AvgIpc) is 2.65. The van der Waals surface area contributed by atoms with Gasteiger partial charge < -0.3 is 10.2 Å². The van der Waals surface area contributed by atoms with Crippen LogP contribution in [-0.2, 0) is 0 Å². The molecule has 1 saturated heterocycles. The van der Waals surface area contributed by atoms with Crippen molar-refractivity contribution in [2.75, 3.05) is 24.6 Å². The van der Waals surface area contributed by atoms with Crippen LogP contribution in [0, 0.1) is 5.92 Å². The number of rotatable bonds is 5. The Kier molecular flexibility index (Phi) is 6.03. The quantitative estimate of drug-likeness (QED) is 0.754. The number of thioether (sulfide) groups is 1. The molecule has 4 heteroatoms. The van der Waals surface area contributed by atoms with E-state index in [2.05, 4.69) is 26.1 Å². The first kappa shape index (κ1) is 13.7. The summed E-state index contributed by atoms with van der Waals surface area (Å²) in [6.45, 7) is 8.30. The van der Waals surface area contributed by atoms with Crippen molar-refractivity contribution >= 4 is 17.8 Å². The van der Waals surface area contributed by atoms with E-state index < -0.39 is 0 Å². The summed E-state index contributed by atoms with van der Waals surface area (Å²) in [6, 6.07) is 0.417. The van der Waals surface area contributed by atoms with E-state index in [9.17, 15) is 4.79 Å². The van der Waals surface area contributed by atoms with Gasteiger partial charge in [-0.05, 0) is 37.2 Å². The lowest BCUT2D eigenvalue weighted by molar-refractivity contribution is 0.203. The fourth-order valence-electron chi connectivity index (χ4n) is 1.90. The van der Waals surface area contributed by atoms with Crippen LogP contribution in [-0.4, -0.2) is 41.6 Å². The van der Waals surface area contributed by atoms with Gasteiger partial charge >= 0.3 is 6.03 Å². The normalized spacial score (nSPS) is 22.2. The van der Waals surface area contributed by atoms with Gasteiger partial charge in [0.1, 0.15) is 0 Å². The molecule has 0 radical (unpaired) electrons. The Labute approximate surface area is 103 Å². The number of likely N-dealkylation sites (tertiary alicyclic amines) is 1. The van der Waals surface area contributed by atoms with E-state index >= 15 is 0 Å². The third-order valence-electron chi connectivity index (χ3n) is 2.98. The van der Waals surface area contributed by atoms with Crippen molar-refractivity contribution < 1.29 is 4.79 Å². The average molecular weight is 244 g/mol. The van der Waals surface area contributed by atoms with Crippen LogP contribution in [0.25, 0.3) is 0 Å². The molecule has 0 unspecified atom stereocenters. The third-order valence-corrected chi connectivity index (χ3v) is 3.91. The van der Waals surface area contributed by atoms with Crippen LogP contribution in [0.1, 0.15) is 33.6 Å². The minimum Gasteiger partial charge on any atom is -0.336 e. The van der Waals surface area contributed by atoms with Crippen molar-refractivity contribution in [3.05, 3.63) is 0 Å². The highest BCUT2D eigenvalue weighted by Crippen LogP contribution is 2.15. The number of nitrogens with one attached hydrogen (secondary N) is 1. The highest BCUT2D eigenvalue weighted by atomic mass is 32.2. The summed E-state index contributed by atoms with van der Waals surface area (Å²) >= 11 is 1.93. The predicted molar refractivity (Wildman–Crippen MR) is 71.0 cm³/mol. The van der Waals surface area contributed by atoms with Crippen LogP contribution in [0.4, 0.5) is 4.79 Å². The van der Waals surface area contributed by atoms with E-state index in [-0.39, 0.29) is 6.03 Å². The number of hydrogen-bond acceptors (Lipinski definition) is 2. The van der Waals surface area contributed by atoms with E-state index in [0.717, 1.165) is 37.4 Å². The van der Waals surface area contributed by atoms with Crippen molar-refractivity contribution in [2.24, 2.45) is 5.92 Å². The Morgan fingerprint density at radius 1 is 1.62 bits per heavy atom. The molecule has 16 heavy (non-hydrogen) atoms. The van der Waals surface area contributed by atoms with E-state index in [1.54, 1.807) is 0 Å². The Morgan fingerprint density at radius 3 is 2.94 bits per heavy atom. The minimum absolute atomic E-state index is 0.123. The fraction of sp³-hybridized carbons (Fsp3) is 0.917. The number of amides is 2. The SMILES string of the molecule is CCSCC[C@H](C)NC(=O)N1CC[C@@H](C)C1. The lowest BCUT2D eigenvalue weighted by atomic mass is 10.2. The Hall–Kier alpha value is -0.380. The molecule has 1 rings (SSSR count). The summed E-state index contributed by atoms with van der Waals surface area (Å²) in [5.41, 5.74) is 0. The van der Waals surface area contributed by atoms with Gasteiger partial charge in [-0.3, -0.25) is 0 Å². The van der Waals surface area contributed by atoms with Gasteiger partial charge in [0.15, 0.2) is 0 Å². The summed E-state index contributed by atoms with van der Waals surface area (Å²) in [5.74, 6) is 2.95. The molecule has 0 spiro atoms. The third kappa shape index (κ3) is 4.64. The molecule has 0 aromatic rings. The summed E-state index contributed by atoms with van der Waals surface area (Å²) in [6.07, 6.45) is 2.21. The highest BCUT2D eigenvalue weighted by molar-refractivity contribution is 7.99. The molecule has 1 heterocycles. The van der Waals surface area contributed by atoms with Gasteiger partial charge in [0, 0.05) is 19.1 Å². The van der Waals surface area contributed by atoms with Crippen molar-refractivity contribution in [2.45, 2.75) is 39.7 Å². The number of hydrogen-bond donors (Lipinski definition) is 1. The molecule has 2 amide bonds.